The maximum absolute atomic E-state index is 13.4. The Bertz CT molecular complexity index is 1370. The molecule has 4 aromatic rings. The number of hydrogen-bond acceptors (Lipinski definition) is 5. The second-order valence-corrected chi connectivity index (χ2v) is 9.75. The van der Waals surface area contributed by atoms with Gasteiger partial charge in [0.25, 0.3) is 5.56 Å². The van der Waals surface area contributed by atoms with E-state index in [1.807, 2.05) is 16.8 Å². The quantitative estimate of drug-likeness (QED) is 0.352. The Morgan fingerprint density at radius 1 is 1.08 bits per heavy atom. The second-order valence-electron chi connectivity index (χ2n) is 9.75. The van der Waals surface area contributed by atoms with E-state index in [1.165, 1.54) is 30.5 Å². The molecule has 1 aliphatic rings. The van der Waals surface area contributed by atoms with Crippen LogP contribution in [0.3, 0.4) is 0 Å². The molecule has 2 aromatic heterocycles. The summed E-state index contributed by atoms with van der Waals surface area (Å²) in [4.78, 5) is 18.6. The number of nitrogens with one attached hydrogen (secondary N) is 1. The maximum atomic E-state index is 13.4. The van der Waals surface area contributed by atoms with E-state index in [2.05, 4.69) is 51.4 Å². The number of aromatic amines is 1. The molecule has 8 heteroatoms. The first-order valence-electron chi connectivity index (χ1n) is 13.0. The number of aryl methyl sites for hydroxylation is 1. The van der Waals surface area contributed by atoms with Crippen LogP contribution in [0.5, 0.6) is 0 Å². The third-order valence-corrected chi connectivity index (χ3v) is 7.43. The fraction of sp³-hybridized carbons (Fsp3) is 0.429. The molecular weight excluding hydrogens is 455 g/mol. The number of nitrogens with zero attached hydrogens (tertiary/aromatic N) is 5. The molecule has 2 heterocycles. The monoisotopic (exact) mass is 488 g/mol. The summed E-state index contributed by atoms with van der Waals surface area (Å²) in [6, 6.07) is 15.0. The molecule has 1 aliphatic carbocycles. The lowest BCUT2D eigenvalue weighted by Gasteiger charge is -2.35. The van der Waals surface area contributed by atoms with E-state index in [9.17, 15) is 9.18 Å². The first kappa shape index (κ1) is 24.3. The third-order valence-electron chi connectivity index (χ3n) is 7.43. The molecule has 0 unspecified atom stereocenters. The summed E-state index contributed by atoms with van der Waals surface area (Å²) >= 11 is 0. The molecule has 188 valence electrons. The number of fused-ring (bicyclic) bond motifs is 1. The first-order chi connectivity index (χ1) is 17.6. The van der Waals surface area contributed by atoms with E-state index in [4.69, 9.17) is 0 Å². The average Bonchev–Trinajstić information content (AvgIpc) is 3.58. The van der Waals surface area contributed by atoms with Gasteiger partial charge in [0.1, 0.15) is 5.82 Å². The van der Waals surface area contributed by atoms with E-state index in [-0.39, 0.29) is 17.4 Å². The maximum Gasteiger partial charge on any atom is 0.252 e. The van der Waals surface area contributed by atoms with Gasteiger partial charge in [0.15, 0.2) is 5.82 Å². The molecule has 0 radical (unpaired) electrons. The van der Waals surface area contributed by atoms with Crippen molar-refractivity contribution >= 4 is 10.9 Å². The molecular formula is C28H33FN6O. The van der Waals surface area contributed by atoms with Crippen LogP contribution < -0.4 is 5.56 Å². The van der Waals surface area contributed by atoms with E-state index in [0.717, 1.165) is 53.5 Å². The molecule has 0 bridgehead atoms. The van der Waals surface area contributed by atoms with Gasteiger partial charge < -0.3 is 4.98 Å². The Balaban J connectivity index is 1.49. The fourth-order valence-electron chi connectivity index (χ4n) is 5.46. The Kier molecular flexibility index (Phi) is 7.23. The van der Waals surface area contributed by atoms with Crippen LogP contribution >= 0.6 is 0 Å². The van der Waals surface area contributed by atoms with Gasteiger partial charge in [0.05, 0.1) is 12.6 Å². The molecule has 1 fully saturated rings. The summed E-state index contributed by atoms with van der Waals surface area (Å²) in [5, 5.41) is 13.7. The number of hydrogen-bond donors (Lipinski definition) is 1. The number of tetrazole rings is 1. The van der Waals surface area contributed by atoms with Crippen LogP contribution in [0.25, 0.3) is 10.9 Å². The first-order valence-corrected chi connectivity index (χ1v) is 13.0. The zero-order chi connectivity index (χ0) is 25.1. The van der Waals surface area contributed by atoms with Gasteiger partial charge in [-0.3, -0.25) is 9.69 Å². The highest BCUT2D eigenvalue weighted by molar-refractivity contribution is 5.79. The number of benzene rings is 2. The van der Waals surface area contributed by atoms with Crippen molar-refractivity contribution in [3.05, 3.63) is 87.2 Å². The highest BCUT2D eigenvalue weighted by Gasteiger charge is 2.32. The molecule has 0 saturated heterocycles. The van der Waals surface area contributed by atoms with Crippen LogP contribution in [0.1, 0.15) is 74.5 Å². The van der Waals surface area contributed by atoms with E-state index in [1.54, 1.807) is 12.1 Å². The lowest BCUT2D eigenvalue weighted by molar-refractivity contribution is 0.112. The molecule has 0 aliphatic heterocycles. The normalized spacial score (nSPS) is 15.2. The highest BCUT2D eigenvalue weighted by atomic mass is 19.1. The zero-order valence-electron chi connectivity index (χ0n) is 21.0. The summed E-state index contributed by atoms with van der Waals surface area (Å²) in [5.74, 6) is 0.514. The van der Waals surface area contributed by atoms with E-state index >= 15 is 0 Å². The predicted molar refractivity (Wildman–Crippen MR) is 138 cm³/mol. The standard InChI is InChI=1S/C28H33FN6O/c1-3-19-11-14-25-21(15-19)16-22(28(36)30-25)18-34(24-7-5-6-8-24)26(4-2)27-31-32-33-35(27)17-20-9-12-23(29)13-10-20/h9-16,24,26H,3-8,17-18H2,1-2H3,(H,30,36)/t26-/m0/s1. The Labute approximate surface area is 210 Å². The van der Waals surface area contributed by atoms with Gasteiger partial charge in [-0.15, -0.1) is 5.10 Å². The van der Waals surface area contributed by atoms with E-state index in [0.29, 0.717) is 19.1 Å². The summed E-state index contributed by atoms with van der Waals surface area (Å²) in [5.41, 5.74) is 3.77. The van der Waals surface area contributed by atoms with Crippen LogP contribution in [-0.4, -0.2) is 36.1 Å². The van der Waals surface area contributed by atoms with Crippen molar-refractivity contribution in [1.29, 1.82) is 0 Å². The lowest BCUT2D eigenvalue weighted by Crippen LogP contribution is -2.39. The fourth-order valence-corrected chi connectivity index (χ4v) is 5.46. The second kappa shape index (κ2) is 10.7. The Morgan fingerprint density at radius 3 is 2.56 bits per heavy atom. The van der Waals surface area contributed by atoms with E-state index < -0.39 is 0 Å². The summed E-state index contributed by atoms with van der Waals surface area (Å²) in [7, 11) is 0. The number of halogens is 1. The van der Waals surface area contributed by atoms with Crippen LogP contribution in [0.2, 0.25) is 0 Å². The lowest BCUT2D eigenvalue weighted by atomic mass is 10.0. The molecule has 36 heavy (non-hydrogen) atoms. The van der Waals surface area contributed by atoms with Crippen molar-refractivity contribution in [3.63, 3.8) is 0 Å². The van der Waals surface area contributed by atoms with Crippen LogP contribution in [-0.2, 0) is 19.5 Å². The molecule has 0 amide bonds. The van der Waals surface area contributed by atoms with Gasteiger partial charge in [-0.2, -0.15) is 0 Å². The molecule has 2 aromatic carbocycles. The summed E-state index contributed by atoms with van der Waals surface area (Å²) in [6.45, 7) is 5.28. The van der Waals surface area contributed by atoms with Crippen LogP contribution in [0, 0.1) is 5.82 Å². The molecule has 1 N–H and O–H groups in total. The number of aromatic nitrogens is 5. The van der Waals surface area contributed by atoms with Crippen LogP contribution in [0.15, 0.2) is 53.3 Å². The molecule has 7 nitrogen and oxygen atoms in total. The average molecular weight is 489 g/mol. The Hall–Kier alpha value is -3.39. The SMILES string of the molecule is CCc1ccc2[nH]c(=O)c(CN(C3CCCC3)[C@@H](CC)c3nnnn3Cc3ccc(F)cc3)cc2c1. The van der Waals surface area contributed by atoms with Crippen LogP contribution in [0.4, 0.5) is 4.39 Å². The van der Waals surface area contributed by atoms with Gasteiger partial charge in [0.2, 0.25) is 0 Å². The van der Waals surface area contributed by atoms with Gasteiger partial charge >= 0.3 is 0 Å². The van der Waals surface area contributed by atoms with Gasteiger partial charge in [-0.05, 0) is 83.0 Å². The Morgan fingerprint density at radius 2 is 1.83 bits per heavy atom. The van der Waals surface area contributed by atoms with Crippen molar-refractivity contribution in [1.82, 2.24) is 30.1 Å². The van der Waals surface area contributed by atoms with Crippen molar-refractivity contribution in [2.24, 2.45) is 0 Å². The minimum Gasteiger partial charge on any atom is -0.322 e. The van der Waals surface area contributed by atoms with Crippen molar-refractivity contribution < 1.29 is 4.39 Å². The van der Waals surface area contributed by atoms with Gasteiger partial charge in [-0.1, -0.05) is 44.9 Å². The van der Waals surface area contributed by atoms with Crippen molar-refractivity contribution in [3.8, 4) is 0 Å². The topological polar surface area (TPSA) is 79.7 Å². The van der Waals surface area contributed by atoms with Gasteiger partial charge in [0, 0.05) is 23.7 Å². The summed E-state index contributed by atoms with van der Waals surface area (Å²) in [6.07, 6.45) is 6.33. The van der Waals surface area contributed by atoms with Crippen molar-refractivity contribution in [2.45, 2.75) is 77.5 Å². The molecule has 1 atom stereocenters. The molecule has 5 rings (SSSR count). The summed E-state index contributed by atoms with van der Waals surface area (Å²) < 4.78 is 15.2. The molecule has 1 saturated carbocycles. The highest BCUT2D eigenvalue weighted by Crippen LogP contribution is 2.33. The van der Waals surface area contributed by atoms with Gasteiger partial charge in [-0.25, -0.2) is 9.07 Å². The minimum absolute atomic E-state index is 0.0411. The van der Waals surface area contributed by atoms with Crippen molar-refractivity contribution in [2.75, 3.05) is 0 Å². The third kappa shape index (κ3) is 5.09. The smallest absolute Gasteiger partial charge is 0.252 e. The largest absolute Gasteiger partial charge is 0.322 e. The number of H-pyrrole nitrogens is 1. The minimum atomic E-state index is -0.263. The number of pyridine rings is 1. The zero-order valence-corrected chi connectivity index (χ0v) is 21.0. The molecule has 0 spiro atoms. The predicted octanol–water partition coefficient (Wildman–Crippen LogP) is 5.16. The number of rotatable bonds is 9.